The van der Waals surface area contributed by atoms with Crippen LogP contribution in [0.3, 0.4) is 0 Å². The molecule has 3 heteroatoms. The molecule has 0 radical (unpaired) electrons. The molecule has 2 N–H and O–H groups in total. The molecule has 0 aromatic heterocycles. The molecule has 1 aromatic carbocycles. The van der Waals surface area contributed by atoms with Gasteiger partial charge in [0.1, 0.15) is 0 Å². The summed E-state index contributed by atoms with van der Waals surface area (Å²) in [5, 5.41) is 0. The summed E-state index contributed by atoms with van der Waals surface area (Å²) in [4.78, 5) is 2.38. The third kappa shape index (κ3) is 4.86. The maximum Gasteiger partial charge on any atom is 0.0593 e. The number of likely N-dealkylation sites (N-methyl/N-ethyl adjacent to an activating group) is 1. The molecule has 17 heavy (non-hydrogen) atoms. The van der Waals surface area contributed by atoms with Gasteiger partial charge in [-0.2, -0.15) is 0 Å². The first-order valence-electron chi connectivity index (χ1n) is 6.38. The zero-order valence-corrected chi connectivity index (χ0v) is 11.0. The van der Waals surface area contributed by atoms with E-state index in [-0.39, 0.29) is 0 Å². The lowest BCUT2D eigenvalue weighted by Gasteiger charge is -2.21. The third-order valence-corrected chi connectivity index (χ3v) is 2.94. The van der Waals surface area contributed by atoms with Gasteiger partial charge in [-0.15, -0.1) is 0 Å². The van der Waals surface area contributed by atoms with Crippen molar-refractivity contribution in [1.82, 2.24) is 4.90 Å². The summed E-state index contributed by atoms with van der Waals surface area (Å²) in [6, 6.07) is 8.38. The first-order chi connectivity index (χ1) is 8.31. The second-order valence-corrected chi connectivity index (χ2v) is 4.04. The molecule has 0 saturated carbocycles. The zero-order valence-electron chi connectivity index (χ0n) is 11.0. The van der Waals surface area contributed by atoms with Gasteiger partial charge in [0, 0.05) is 26.2 Å². The van der Waals surface area contributed by atoms with Crippen molar-refractivity contribution < 1.29 is 4.74 Å². The molecule has 96 valence electrons. The minimum atomic E-state index is 0.610. The lowest BCUT2D eigenvalue weighted by atomic mass is 10.1. The molecular weight excluding hydrogens is 212 g/mol. The van der Waals surface area contributed by atoms with Gasteiger partial charge in [-0.1, -0.05) is 31.2 Å². The van der Waals surface area contributed by atoms with Gasteiger partial charge in [-0.25, -0.2) is 0 Å². The second-order valence-electron chi connectivity index (χ2n) is 4.04. The van der Waals surface area contributed by atoms with Crippen LogP contribution in [0.1, 0.15) is 25.0 Å². The molecule has 1 aromatic rings. The first-order valence-corrected chi connectivity index (χ1v) is 6.38. The number of hydrogen-bond acceptors (Lipinski definition) is 3. The molecule has 0 bridgehead atoms. The van der Waals surface area contributed by atoms with Crippen molar-refractivity contribution in [1.29, 1.82) is 0 Å². The van der Waals surface area contributed by atoms with Crippen LogP contribution in [0.25, 0.3) is 0 Å². The summed E-state index contributed by atoms with van der Waals surface area (Å²) in [6.07, 6.45) is 0. The number of nitrogens with two attached hydrogens (primary N) is 1. The summed E-state index contributed by atoms with van der Waals surface area (Å²) in [7, 11) is 0. The number of benzene rings is 1. The quantitative estimate of drug-likeness (QED) is 0.702. The monoisotopic (exact) mass is 236 g/mol. The summed E-state index contributed by atoms with van der Waals surface area (Å²) < 4.78 is 5.39. The Morgan fingerprint density at radius 1 is 1.18 bits per heavy atom. The lowest BCUT2D eigenvalue weighted by Crippen LogP contribution is -2.27. The summed E-state index contributed by atoms with van der Waals surface area (Å²) >= 11 is 0. The minimum Gasteiger partial charge on any atom is -0.380 e. The fourth-order valence-corrected chi connectivity index (χ4v) is 1.84. The van der Waals surface area contributed by atoms with E-state index in [1.807, 2.05) is 13.0 Å². The van der Waals surface area contributed by atoms with Crippen molar-refractivity contribution in [2.45, 2.75) is 26.9 Å². The smallest absolute Gasteiger partial charge is 0.0593 e. The minimum absolute atomic E-state index is 0.610. The van der Waals surface area contributed by atoms with Gasteiger partial charge >= 0.3 is 0 Å². The molecule has 0 unspecified atom stereocenters. The van der Waals surface area contributed by atoms with E-state index >= 15 is 0 Å². The maximum atomic E-state index is 5.75. The van der Waals surface area contributed by atoms with E-state index in [9.17, 15) is 0 Å². The van der Waals surface area contributed by atoms with Crippen LogP contribution in [0.5, 0.6) is 0 Å². The standard InChI is InChI=1S/C14H24N2O/c1-3-16(9-10-17-4-2)12-14-8-6-5-7-13(14)11-15/h5-8H,3-4,9-12,15H2,1-2H3. The Morgan fingerprint density at radius 2 is 1.88 bits per heavy atom. The highest BCUT2D eigenvalue weighted by molar-refractivity contribution is 5.26. The predicted molar refractivity (Wildman–Crippen MR) is 71.8 cm³/mol. The van der Waals surface area contributed by atoms with E-state index in [4.69, 9.17) is 10.5 Å². The lowest BCUT2D eigenvalue weighted by molar-refractivity contribution is 0.113. The molecule has 0 amide bonds. The number of nitrogens with zero attached hydrogens (tertiary/aromatic N) is 1. The highest BCUT2D eigenvalue weighted by Crippen LogP contribution is 2.10. The van der Waals surface area contributed by atoms with E-state index in [1.165, 1.54) is 11.1 Å². The molecule has 3 nitrogen and oxygen atoms in total. The van der Waals surface area contributed by atoms with Gasteiger partial charge in [-0.05, 0) is 24.6 Å². The van der Waals surface area contributed by atoms with Crippen LogP contribution in [0, 0.1) is 0 Å². The molecule has 1 rings (SSSR count). The van der Waals surface area contributed by atoms with Crippen LogP contribution in [0.4, 0.5) is 0 Å². The Morgan fingerprint density at radius 3 is 2.47 bits per heavy atom. The zero-order chi connectivity index (χ0) is 12.5. The Hall–Kier alpha value is -0.900. The van der Waals surface area contributed by atoms with Crippen LogP contribution in [-0.2, 0) is 17.8 Å². The highest BCUT2D eigenvalue weighted by atomic mass is 16.5. The van der Waals surface area contributed by atoms with Gasteiger partial charge in [0.2, 0.25) is 0 Å². The molecule has 0 aliphatic rings. The summed E-state index contributed by atoms with van der Waals surface area (Å²) in [5.74, 6) is 0. The largest absolute Gasteiger partial charge is 0.380 e. The number of hydrogen-bond donors (Lipinski definition) is 1. The van der Waals surface area contributed by atoms with E-state index in [0.717, 1.165) is 32.8 Å². The summed E-state index contributed by atoms with van der Waals surface area (Å²) in [6.45, 7) is 9.37. The van der Waals surface area contributed by atoms with Crippen LogP contribution in [0.15, 0.2) is 24.3 Å². The van der Waals surface area contributed by atoms with Crippen LogP contribution in [0.2, 0.25) is 0 Å². The van der Waals surface area contributed by atoms with E-state index < -0.39 is 0 Å². The topological polar surface area (TPSA) is 38.5 Å². The normalized spacial score (nSPS) is 11.1. The predicted octanol–water partition coefficient (Wildman–Crippen LogP) is 2.00. The maximum absolute atomic E-state index is 5.75. The average Bonchev–Trinajstić information content (AvgIpc) is 2.38. The molecular formula is C14H24N2O. The van der Waals surface area contributed by atoms with Gasteiger partial charge in [0.25, 0.3) is 0 Å². The average molecular weight is 236 g/mol. The van der Waals surface area contributed by atoms with Crippen molar-refractivity contribution in [2.75, 3.05) is 26.3 Å². The molecule has 0 fully saturated rings. The van der Waals surface area contributed by atoms with Gasteiger partial charge in [0.05, 0.1) is 6.61 Å². The van der Waals surface area contributed by atoms with E-state index in [0.29, 0.717) is 6.54 Å². The van der Waals surface area contributed by atoms with Gasteiger partial charge < -0.3 is 10.5 Å². The molecule has 0 spiro atoms. The molecule has 0 aliphatic carbocycles. The van der Waals surface area contributed by atoms with Crippen molar-refractivity contribution in [2.24, 2.45) is 5.73 Å². The third-order valence-electron chi connectivity index (χ3n) is 2.94. The molecule has 0 aliphatic heterocycles. The van der Waals surface area contributed by atoms with Gasteiger partial charge in [0.15, 0.2) is 0 Å². The Kier molecular flexibility index (Phi) is 6.86. The Balaban J connectivity index is 2.54. The first kappa shape index (κ1) is 14.2. The van der Waals surface area contributed by atoms with E-state index in [1.54, 1.807) is 0 Å². The van der Waals surface area contributed by atoms with Crippen molar-refractivity contribution in [3.8, 4) is 0 Å². The van der Waals surface area contributed by atoms with E-state index in [2.05, 4.69) is 30.0 Å². The summed E-state index contributed by atoms with van der Waals surface area (Å²) in [5.41, 5.74) is 8.31. The van der Waals surface area contributed by atoms with Crippen LogP contribution in [-0.4, -0.2) is 31.2 Å². The SMILES string of the molecule is CCOCCN(CC)Cc1ccccc1CN. The molecule has 0 atom stereocenters. The molecule has 0 saturated heterocycles. The van der Waals surface area contributed by atoms with Crippen molar-refractivity contribution in [3.05, 3.63) is 35.4 Å². The highest BCUT2D eigenvalue weighted by Gasteiger charge is 2.06. The van der Waals surface area contributed by atoms with Gasteiger partial charge in [-0.3, -0.25) is 4.90 Å². The second kappa shape index (κ2) is 8.23. The van der Waals surface area contributed by atoms with Crippen molar-refractivity contribution in [3.63, 3.8) is 0 Å². The fourth-order valence-electron chi connectivity index (χ4n) is 1.84. The van der Waals surface area contributed by atoms with Crippen LogP contribution < -0.4 is 5.73 Å². The number of rotatable bonds is 8. The Labute approximate surface area is 105 Å². The molecule has 0 heterocycles. The van der Waals surface area contributed by atoms with Crippen molar-refractivity contribution >= 4 is 0 Å². The Bertz CT molecular complexity index is 315. The fraction of sp³-hybridized carbons (Fsp3) is 0.571. The number of ether oxygens (including phenoxy) is 1. The van der Waals surface area contributed by atoms with Crippen LogP contribution >= 0.6 is 0 Å².